The summed E-state index contributed by atoms with van der Waals surface area (Å²) in [5.41, 5.74) is 1.89. The molecule has 2 aromatic carbocycles. The number of hydrogen-bond acceptors (Lipinski definition) is 2. The molecule has 0 spiro atoms. The van der Waals surface area contributed by atoms with Gasteiger partial charge in [-0.1, -0.05) is 75.4 Å². The second-order valence-corrected chi connectivity index (χ2v) is 6.67. The van der Waals surface area contributed by atoms with Crippen LogP contribution in [-0.2, 0) is 4.79 Å². The van der Waals surface area contributed by atoms with Crippen LogP contribution in [0.1, 0.15) is 62.5 Å². The van der Waals surface area contributed by atoms with Gasteiger partial charge in [-0.3, -0.25) is 4.79 Å². The summed E-state index contributed by atoms with van der Waals surface area (Å²) in [5, 5.41) is 3.13. The van der Waals surface area contributed by atoms with Crippen molar-refractivity contribution in [2.75, 3.05) is 6.54 Å². The molecule has 1 N–H and O–H groups in total. The lowest BCUT2D eigenvalue weighted by Gasteiger charge is -2.27. The number of nitrogens with one attached hydrogen (secondary N) is 1. The van der Waals surface area contributed by atoms with Crippen molar-refractivity contribution < 1.29 is 9.53 Å². The predicted molar refractivity (Wildman–Crippen MR) is 101 cm³/mol. The number of fused-ring (bicyclic) bond motifs is 2. The number of carbonyl (C=O) groups is 1. The van der Waals surface area contributed by atoms with Crippen molar-refractivity contribution in [3.8, 4) is 11.5 Å². The fraction of sp³-hybridized carbons (Fsp3) is 0.409. The first-order chi connectivity index (χ1) is 12.3. The first-order valence-electron chi connectivity index (χ1n) is 9.44. The zero-order valence-corrected chi connectivity index (χ0v) is 15.0. The van der Waals surface area contributed by atoms with Crippen LogP contribution in [0.25, 0.3) is 0 Å². The topological polar surface area (TPSA) is 38.3 Å². The second-order valence-electron chi connectivity index (χ2n) is 6.67. The zero-order valence-electron chi connectivity index (χ0n) is 15.0. The Kier molecular flexibility index (Phi) is 6.10. The maximum absolute atomic E-state index is 12.9. The van der Waals surface area contributed by atoms with Crippen LogP contribution < -0.4 is 10.1 Å². The Morgan fingerprint density at radius 3 is 2.08 bits per heavy atom. The molecule has 3 rings (SSSR count). The third kappa shape index (κ3) is 4.22. The fourth-order valence-electron chi connectivity index (χ4n) is 3.41. The van der Waals surface area contributed by atoms with Gasteiger partial charge in [0.1, 0.15) is 11.5 Å². The Morgan fingerprint density at radius 2 is 1.44 bits per heavy atom. The van der Waals surface area contributed by atoms with E-state index in [1.165, 1.54) is 32.1 Å². The third-order valence-electron chi connectivity index (χ3n) is 4.77. The molecule has 3 heteroatoms. The maximum atomic E-state index is 12.9. The number of hydrogen-bond donors (Lipinski definition) is 1. The largest absolute Gasteiger partial charge is 0.457 e. The second kappa shape index (κ2) is 8.70. The summed E-state index contributed by atoms with van der Waals surface area (Å²) in [6.07, 6.45) is 7.35. The molecule has 2 aromatic rings. The van der Waals surface area contributed by atoms with Gasteiger partial charge in [-0.05, 0) is 18.6 Å². The molecule has 132 valence electrons. The molecule has 1 heterocycles. The first-order valence-corrected chi connectivity index (χ1v) is 9.44. The van der Waals surface area contributed by atoms with E-state index < -0.39 is 0 Å². The summed E-state index contributed by atoms with van der Waals surface area (Å²) in [4.78, 5) is 12.9. The third-order valence-corrected chi connectivity index (χ3v) is 4.77. The van der Waals surface area contributed by atoms with E-state index in [4.69, 9.17) is 4.74 Å². The van der Waals surface area contributed by atoms with Gasteiger partial charge in [-0.15, -0.1) is 0 Å². The average Bonchev–Trinajstić information content (AvgIpc) is 2.65. The standard InChI is InChI=1S/C22H27NO2/c1-2-3-4-5-6-11-16-23-22(24)21-17-12-7-9-14-19(17)25-20-15-10-8-13-18(20)21/h7-10,12-15,21H,2-6,11,16H2,1H3,(H,23,24). The van der Waals surface area contributed by atoms with Crippen molar-refractivity contribution in [3.05, 3.63) is 59.7 Å². The van der Waals surface area contributed by atoms with Crippen LogP contribution in [0.4, 0.5) is 0 Å². The van der Waals surface area contributed by atoms with E-state index in [1.54, 1.807) is 0 Å². The normalized spacial score (nSPS) is 12.8. The van der Waals surface area contributed by atoms with E-state index in [0.29, 0.717) is 0 Å². The summed E-state index contributed by atoms with van der Waals surface area (Å²) in [6.45, 7) is 2.97. The lowest BCUT2D eigenvalue weighted by atomic mass is 9.87. The van der Waals surface area contributed by atoms with Crippen LogP contribution >= 0.6 is 0 Å². The molecule has 1 amide bonds. The summed E-state index contributed by atoms with van der Waals surface area (Å²) in [7, 11) is 0. The molecule has 25 heavy (non-hydrogen) atoms. The Balaban J connectivity index is 1.64. The minimum absolute atomic E-state index is 0.0664. The lowest BCUT2D eigenvalue weighted by molar-refractivity contribution is -0.121. The van der Waals surface area contributed by atoms with Crippen molar-refractivity contribution in [2.24, 2.45) is 0 Å². The van der Waals surface area contributed by atoms with Crippen LogP contribution in [0.15, 0.2) is 48.5 Å². The average molecular weight is 337 g/mol. The van der Waals surface area contributed by atoms with Crippen molar-refractivity contribution in [1.82, 2.24) is 5.32 Å². The molecule has 1 aliphatic heterocycles. The summed E-state index contributed by atoms with van der Waals surface area (Å²) in [5.74, 6) is 1.33. The molecule has 0 aliphatic carbocycles. The highest BCUT2D eigenvalue weighted by Gasteiger charge is 2.31. The van der Waals surface area contributed by atoms with Gasteiger partial charge < -0.3 is 10.1 Å². The predicted octanol–water partition coefficient (Wildman–Crippen LogP) is 5.40. The number of carbonyl (C=O) groups excluding carboxylic acids is 1. The van der Waals surface area contributed by atoms with E-state index in [1.807, 2.05) is 48.5 Å². The monoisotopic (exact) mass is 337 g/mol. The molecule has 0 radical (unpaired) electrons. The molecule has 0 aromatic heterocycles. The van der Waals surface area contributed by atoms with Crippen molar-refractivity contribution in [1.29, 1.82) is 0 Å². The highest BCUT2D eigenvalue weighted by atomic mass is 16.5. The number of ether oxygens (including phenoxy) is 1. The fourth-order valence-corrected chi connectivity index (χ4v) is 3.41. The lowest BCUT2D eigenvalue weighted by Crippen LogP contribution is -2.32. The van der Waals surface area contributed by atoms with E-state index in [0.717, 1.165) is 35.6 Å². The van der Waals surface area contributed by atoms with Gasteiger partial charge in [0.2, 0.25) is 5.91 Å². The number of rotatable bonds is 8. The highest BCUT2D eigenvalue weighted by molar-refractivity contribution is 5.89. The summed E-state index contributed by atoms with van der Waals surface area (Å²) < 4.78 is 5.96. The van der Waals surface area contributed by atoms with Gasteiger partial charge in [0.05, 0.1) is 5.92 Å². The van der Waals surface area contributed by atoms with Crippen molar-refractivity contribution in [3.63, 3.8) is 0 Å². The van der Waals surface area contributed by atoms with E-state index in [9.17, 15) is 4.79 Å². The molecule has 0 fully saturated rings. The van der Waals surface area contributed by atoms with Crippen LogP contribution in [-0.4, -0.2) is 12.5 Å². The smallest absolute Gasteiger partial charge is 0.232 e. The quantitative estimate of drug-likeness (QED) is 0.655. The highest BCUT2D eigenvalue weighted by Crippen LogP contribution is 2.43. The van der Waals surface area contributed by atoms with Gasteiger partial charge in [0.25, 0.3) is 0 Å². The molecular weight excluding hydrogens is 310 g/mol. The van der Waals surface area contributed by atoms with Crippen molar-refractivity contribution in [2.45, 2.75) is 51.4 Å². The Bertz CT molecular complexity index is 665. The van der Waals surface area contributed by atoms with Crippen LogP contribution in [0.2, 0.25) is 0 Å². The van der Waals surface area contributed by atoms with Gasteiger partial charge in [-0.2, -0.15) is 0 Å². The molecule has 0 saturated heterocycles. The molecule has 0 atom stereocenters. The molecule has 0 saturated carbocycles. The molecule has 0 bridgehead atoms. The zero-order chi connectivity index (χ0) is 17.5. The Morgan fingerprint density at radius 1 is 0.880 bits per heavy atom. The van der Waals surface area contributed by atoms with Crippen LogP contribution in [0.5, 0.6) is 11.5 Å². The van der Waals surface area contributed by atoms with Crippen LogP contribution in [0.3, 0.4) is 0 Å². The number of para-hydroxylation sites is 2. The molecular formula is C22H27NO2. The Hall–Kier alpha value is -2.29. The van der Waals surface area contributed by atoms with E-state index in [-0.39, 0.29) is 11.8 Å². The minimum atomic E-state index is -0.291. The van der Waals surface area contributed by atoms with E-state index >= 15 is 0 Å². The van der Waals surface area contributed by atoms with Gasteiger partial charge in [0.15, 0.2) is 0 Å². The maximum Gasteiger partial charge on any atom is 0.232 e. The SMILES string of the molecule is CCCCCCCCNC(=O)C1c2ccccc2Oc2ccccc21. The van der Waals surface area contributed by atoms with Gasteiger partial charge >= 0.3 is 0 Å². The molecule has 0 unspecified atom stereocenters. The molecule has 1 aliphatic rings. The van der Waals surface area contributed by atoms with Crippen molar-refractivity contribution >= 4 is 5.91 Å². The minimum Gasteiger partial charge on any atom is -0.457 e. The van der Waals surface area contributed by atoms with Gasteiger partial charge in [-0.25, -0.2) is 0 Å². The number of unbranched alkanes of at least 4 members (excludes halogenated alkanes) is 5. The number of benzene rings is 2. The summed E-state index contributed by atoms with van der Waals surface area (Å²) >= 11 is 0. The summed E-state index contributed by atoms with van der Waals surface area (Å²) in [6, 6.07) is 15.6. The Labute approximate surface area is 150 Å². The van der Waals surface area contributed by atoms with Crippen LogP contribution in [0, 0.1) is 0 Å². The van der Waals surface area contributed by atoms with Gasteiger partial charge in [0, 0.05) is 17.7 Å². The molecule has 3 nitrogen and oxygen atoms in total. The first kappa shape index (κ1) is 17.5. The van der Waals surface area contributed by atoms with E-state index in [2.05, 4.69) is 12.2 Å². The number of amides is 1.